The van der Waals surface area contributed by atoms with E-state index in [9.17, 15) is 0 Å². The minimum atomic E-state index is 0. The van der Waals surface area contributed by atoms with E-state index in [0.29, 0.717) is 17.5 Å². The molecule has 0 aliphatic heterocycles. The highest BCUT2D eigenvalue weighted by atomic mass is 127. The molecule has 0 fully saturated rings. The first-order chi connectivity index (χ1) is 14.7. The summed E-state index contributed by atoms with van der Waals surface area (Å²) in [5.41, 5.74) is 2.92. The van der Waals surface area contributed by atoms with Crippen LogP contribution in [0.3, 0.4) is 0 Å². The maximum absolute atomic E-state index is 4.90. The van der Waals surface area contributed by atoms with Crippen LogP contribution in [-0.4, -0.2) is 15.0 Å². The second-order valence-corrected chi connectivity index (χ2v) is 6.92. The monoisotopic (exact) mass is 780 g/mol. The lowest BCUT2D eigenvalue weighted by atomic mass is 10.2. The molecule has 0 aromatic carbocycles. The zero-order valence-corrected chi connectivity index (χ0v) is 25.3. The fourth-order valence-electron chi connectivity index (χ4n) is 3.58. The number of hydrogen-bond acceptors (Lipinski definition) is 3. The van der Waals surface area contributed by atoms with Gasteiger partial charge in [-0.2, -0.15) is 28.7 Å². The molecule has 0 saturated carbocycles. The molecule has 0 bridgehead atoms. The molecule has 4 aromatic heterocycles. The second-order valence-electron chi connectivity index (χ2n) is 6.92. The van der Waals surface area contributed by atoms with Crippen molar-refractivity contribution < 1.29 is 85.6 Å². The highest BCUT2D eigenvalue weighted by molar-refractivity contribution is 5.58. The van der Waals surface area contributed by atoms with E-state index in [4.69, 9.17) is 15.0 Å². The lowest BCUT2D eigenvalue weighted by molar-refractivity contribution is -0.683. The number of rotatable bonds is 6. The number of aromatic nitrogens is 6. The molecule has 33 heavy (non-hydrogen) atoms. The predicted molar refractivity (Wildman–Crippen MR) is 114 cm³/mol. The van der Waals surface area contributed by atoms with E-state index in [1.165, 1.54) is 0 Å². The van der Waals surface area contributed by atoms with Crippen molar-refractivity contribution in [3.05, 3.63) is 73.2 Å². The molecule has 0 aliphatic carbocycles. The molecule has 0 aliphatic rings. The molecule has 9 heteroatoms. The van der Waals surface area contributed by atoms with Crippen molar-refractivity contribution in [2.45, 2.75) is 40.4 Å². The maximum Gasteiger partial charge on any atom is 0.250 e. The van der Waals surface area contributed by atoms with E-state index in [-0.39, 0.29) is 71.9 Å². The van der Waals surface area contributed by atoms with E-state index in [1.807, 2.05) is 36.4 Å². The van der Waals surface area contributed by atoms with Gasteiger partial charge in [0.15, 0.2) is 18.6 Å². The van der Waals surface area contributed by atoms with Crippen molar-refractivity contribution in [2.24, 2.45) is 0 Å². The van der Waals surface area contributed by atoms with Crippen LogP contribution in [0.2, 0.25) is 0 Å². The number of nitrogens with zero attached hydrogens (tertiary/aromatic N) is 6. The summed E-state index contributed by atoms with van der Waals surface area (Å²) in [6, 6.07) is 18.3. The van der Waals surface area contributed by atoms with Gasteiger partial charge < -0.3 is 71.9 Å². The first kappa shape index (κ1) is 29.7. The van der Waals surface area contributed by atoms with Gasteiger partial charge in [0, 0.05) is 36.4 Å². The maximum atomic E-state index is 4.90. The summed E-state index contributed by atoms with van der Waals surface area (Å²) < 4.78 is 6.46. The van der Waals surface area contributed by atoms with Crippen LogP contribution in [0.25, 0.3) is 34.6 Å². The molecule has 174 valence electrons. The zero-order chi connectivity index (χ0) is 20.9. The first-order valence-corrected chi connectivity index (χ1v) is 10.5. The Balaban J connectivity index is 0.00000181. The van der Waals surface area contributed by atoms with Crippen LogP contribution in [0.4, 0.5) is 0 Å². The SMILES string of the molecule is CC[n+]1ccccc1-c1nc(-c2cccc[n+]2CC)nc(-c2cccc[n+]2CC)n1.[I-].[I-].[I-]. The van der Waals surface area contributed by atoms with Gasteiger partial charge in [-0.1, -0.05) is 0 Å². The Bertz CT molecular complexity index is 1030. The van der Waals surface area contributed by atoms with Gasteiger partial charge in [-0.25, -0.2) is 0 Å². The van der Waals surface area contributed by atoms with Gasteiger partial charge in [0.1, 0.15) is 19.6 Å². The molecule has 0 radical (unpaired) electrons. The summed E-state index contributed by atoms with van der Waals surface area (Å²) >= 11 is 0. The molecule has 0 N–H and O–H groups in total. The highest BCUT2D eigenvalue weighted by Gasteiger charge is 2.24. The van der Waals surface area contributed by atoms with Crippen molar-refractivity contribution in [3.63, 3.8) is 0 Å². The summed E-state index contributed by atoms with van der Waals surface area (Å²) in [7, 11) is 0. The summed E-state index contributed by atoms with van der Waals surface area (Å²) in [5.74, 6) is 2.03. The summed E-state index contributed by atoms with van der Waals surface area (Å²) in [6.45, 7) is 8.89. The van der Waals surface area contributed by atoms with Crippen molar-refractivity contribution in [3.8, 4) is 34.6 Å². The third-order valence-corrected chi connectivity index (χ3v) is 5.17. The minimum absolute atomic E-state index is 0. The van der Waals surface area contributed by atoms with E-state index < -0.39 is 0 Å². The normalized spacial score (nSPS) is 9.91. The molecule has 0 atom stereocenters. The van der Waals surface area contributed by atoms with Crippen LogP contribution in [-0.2, 0) is 19.6 Å². The molecule has 0 amide bonds. The van der Waals surface area contributed by atoms with Gasteiger partial charge in [0.2, 0.25) is 34.6 Å². The lowest BCUT2D eigenvalue weighted by Crippen LogP contribution is -3.00. The van der Waals surface area contributed by atoms with Crippen LogP contribution in [0.1, 0.15) is 20.8 Å². The van der Waals surface area contributed by atoms with E-state index in [2.05, 4.69) is 71.3 Å². The van der Waals surface area contributed by atoms with Gasteiger partial charge in [-0.05, 0) is 39.0 Å². The Morgan fingerprint density at radius 1 is 0.485 bits per heavy atom. The number of pyridine rings is 3. The van der Waals surface area contributed by atoms with Crippen LogP contribution in [0, 0.1) is 0 Å². The van der Waals surface area contributed by atoms with Gasteiger partial charge in [-0.3, -0.25) is 0 Å². The number of aryl methyl sites for hydroxylation is 3. The van der Waals surface area contributed by atoms with Crippen molar-refractivity contribution >= 4 is 0 Å². The quantitative estimate of drug-likeness (QED) is 0.145. The van der Waals surface area contributed by atoms with Gasteiger partial charge in [0.05, 0.1) is 0 Å². The molecule has 4 heterocycles. The van der Waals surface area contributed by atoms with Gasteiger partial charge in [0.25, 0.3) is 0 Å². The summed E-state index contributed by atoms with van der Waals surface area (Å²) in [5, 5.41) is 0. The highest BCUT2D eigenvalue weighted by Crippen LogP contribution is 2.20. The van der Waals surface area contributed by atoms with Crippen LogP contribution < -0.4 is 85.6 Å². The number of hydrogen-bond donors (Lipinski definition) is 0. The molecule has 0 spiro atoms. The summed E-state index contributed by atoms with van der Waals surface area (Å²) in [6.07, 6.45) is 6.17. The lowest BCUT2D eigenvalue weighted by Gasteiger charge is -2.07. The molecule has 6 nitrogen and oxygen atoms in total. The average Bonchev–Trinajstić information content (AvgIpc) is 2.83. The Hall–Kier alpha value is -1.35. The van der Waals surface area contributed by atoms with Crippen molar-refractivity contribution in [2.75, 3.05) is 0 Å². The van der Waals surface area contributed by atoms with Crippen LogP contribution in [0.5, 0.6) is 0 Å². The van der Waals surface area contributed by atoms with Gasteiger partial charge >= 0.3 is 0 Å². The third-order valence-electron chi connectivity index (χ3n) is 5.17. The Morgan fingerprint density at radius 3 is 1.00 bits per heavy atom. The largest absolute Gasteiger partial charge is 1.00 e. The average molecular weight is 780 g/mol. The van der Waals surface area contributed by atoms with Crippen molar-refractivity contribution in [1.29, 1.82) is 0 Å². The zero-order valence-electron chi connectivity index (χ0n) is 18.9. The second kappa shape index (κ2) is 14.1. The predicted octanol–water partition coefficient (Wildman–Crippen LogP) is -6.19. The standard InChI is InChI=1S/C24H27N6.3HI/c1-4-28-16-10-7-13-19(28)22-25-23(20-14-8-11-17-29(20)5-2)27-24(26-22)21-15-9-12-18-30(21)6-3;;;/h7-18H,4-6H2,1-3H3;3*1H/q+3;;;/p-3. The molecular weight excluding hydrogens is 753 g/mol. The molecule has 0 saturated heterocycles. The Labute approximate surface area is 246 Å². The molecule has 4 aromatic rings. The third kappa shape index (κ3) is 6.62. The first-order valence-electron chi connectivity index (χ1n) is 10.5. The fraction of sp³-hybridized carbons (Fsp3) is 0.250. The van der Waals surface area contributed by atoms with E-state index >= 15 is 0 Å². The van der Waals surface area contributed by atoms with Crippen LogP contribution in [0.15, 0.2) is 73.2 Å². The van der Waals surface area contributed by atoms with E-state index in [0.717, 1.165) is 36.7 Å². The smallest absolute Gasteiger partial charge is 0.250 e. The molecule has 4 rings (SSSR count). The fourth-order valence-corrected chi connectivity index (χ4v) is 3.58. The van der Waals surface area contributed by atoms with Crippen LogP contribution >= 0.6 is 0 Å². The molecular formula is C24H27I3N6. The Morgan fingerprint density at radius 2 is 0.758 bits per heavy atom. The Kier molecular flexibility index (Phi) is 12.7. The summed E-state index contributed by atoms with van der Waals surface area (Å²) in [4.78, 5) is 14.7. The van der Waals surface area contributed by atoms with Gasteiger partial charge in [-0.15, -0.1) is 0 Å². The van der Waals surface area contributed by atoms with Crippen molar-refractivity contribution in [1.82, 2.24) is 15.0 Å². The molecule has 0 unspecified atom stereocenters. The topological polar surface area (TPSA) is 50.3 Å². The minimum Gasteiger partial charge on any atom is -1.00 e. The van der Waals surface area contributed by atoms with E-state index in [1.54, 1.807) is 0 Å². The number of halogens is 3.